The summed E-state index contributed by atoms with van der Waals surface area (Å²) in [6.07, 6.45) is 7.09. The van der Waals surface area contributed by atoms with E-state index < -0.39 is 0 Å². The lowest BCUT2D eigenvalue weighted by Crippen LogP contribution is -2.30. The summed E-state index contributed by atoms with van der Waals surface area (Å²) in [5.74, 6) is 1.03. The van der Waals surface area contributed by atoms with E-state index >= 15 is 0 Å². The van der Waals surface area contributed by atoms with Crippen LogP contribution in [0.5, 0.6) is 0 Å². The fourth-order valence-corrected chi connectivity index (χ4v) is 3.03. The van der Waals surface area contributed by atoms with E-state index in [1.165, 1.54) is 0 Å². The SMILES string of the molecule is Cn1cnc2cc(NC(=O)C3CCn4ccnc4C3)ccc21. The topological polar surface area (TPSA) is 64.7 Å². The summed E-state index contributed by atoms with van der Waals surface area (Å²) in [4.78, 5) is 21.1. The third-order valence-corrected chi connectivity index (χ3v) is 4.31. The molecule has 1 aromatic carbocycles. The van der Waals surface area contributed by atoms with Crippen LogP contribution in [-0.4, -0.2) is 25.0 Å². The number of hydrogen-bond acceptors (Lipinski definition) is 3. The fourth-order valence-electron chi connectivity index (χ4n) is 3.03. The smallest absolute Gasteiger partial charge is 0.228 e. The van der Waals surface area contributed by atoms with Gasteiger partial charge in [0.25, 0.3) is 0 Å². The number of aromatic nitrogens is 4. The molecule has 1 aliphatic heterocycles. The highest BCUT2D eigenvalue weighted by molar-refractivity contribution is 5.94. The van der Waals surface area contributed by atoms with Crippen molar-refractivity contribution >= 4 is 22.6 Å². The van der Waals surface area contributed by atoms with E-state index in [4.69, 9.17) is 0 Å². The number of fused-ring (bicyclic) bond motifs is 2. The lowest BCUT2D eigenvalue weighted by atomic mass is 9.97. The van der Waals surface area contributed by atoms with Crippen LogP contribution >= 0.6 is 0 Å². The Morgan fingerprint density at radius 2 is 2.27 bits per heavy atom. The molecule has 0 aliphatic carbocycles. The van der Waals surface area contributed by atoms with Crippen LogP contribution in [0.1, 0.15) is 12.2 Å². The largest absolute Gasteiger partial charge is 0.335 e. The highest BCUT2D eigenvalue weighted by Gasteiger charge is 2.25. The second-order valence-electron chi connectivity index (χ2n) is 5.77. The highest BCUT2D eigenvalue weighted by atomic mass is 16.1. The van der Waals surface area contributed by atoms with Crippen molar-refractivity contribution in [3.63, 3.8) is 0 Å². The number of aryl methyl sites for hydroxylation is 2. The molecule has 1 aliphatic rings. The number of carbonyl (C=O) groups is 1. The van der Waals surface area contributed by atoms with Crippen LogP contribution in [0.25, 0.3) is 11.0 Å². The summed E-state index contributed by atoms with van der Waals surface area (Å²) in [7, 11) is 1.96. The first-order chi connectivity index (χ1) is 10.7. The Labute approximate surface area is 127 Å². The third-order valence-electron chi connectivity index (χ3n) is 4.31. The summed E-state index contributed by atoms with van der Waals surface area (Å²) in [5.41, 5.74) is 2.74. The number of rotatable bonds is 2. The normalized spacial score (nSPS) is 17.4. The first-order valence-electron chi connectivity index (χ1n) is 7.42. The Bertz CT molecular complexity index is 847. The molecule has 1 unspecified atom stereocenters. The van der Waals surface area contributed by atoms with Crippen molar-refractivity contribution in [3.05, 3.63) is 42.7 Å². The summed E-state index contributed by atoms with van der Waals surface area (Å²) >= 11 is 0. The molecular weight excluding hydrogens is 278 g/mol. The van der Waals surface area contributed by atoms with Crippen molar-refractivity contribution in [2.45, 2.75) is 19.4 Å². The van der Waals surface area contributed by atoms with E-state index in [1.807, 2.05) is 36.0 Å². The number of nitrogens with zero attached hydrogens (tertiary/aromatic N) is 4. The second kappa shape index (κ2) is 4.98. The van der Waals surface area contributed by atoms with Gasteiger partial charge in [0.2, 0.25) is 5.91 Å². The van der Waals surface area contributed by atoms with E-state index in [0.29, 0.717) is 6.42 Å². The average molecular weight is 295 g/mol. The van der Waals surface area contributed by atoms with Crippen molar-refractivity contribution in [2.75, 3.05) is 5.32 Å². The van der Waals surface area contributed by atoms with Gasteiger partial charge in [0.05, 0.1) is 17.4 Å². The molecule has 1 N–H and O–H groups in total. The van der Waals surface area contributed by atoms with E-state index in [9.17, 15) is 4.79 Å². The Balaban J connectivity index is 1.51. The summed E-state index contributed by atoms with van der Waals surface area (Å²) < 4.78 is 4.08. The van der Waals surface area contributed by atoms with Gasteiger partial charge in [-0.3, -0.25) is 4.79 Å². The monoisotopic (exact) mass is 295 g/mol. The highest BCUT2D eigenvalue weighted by Crippen LogP contribution is 2.22. The van der Waals surface area contributed by atoms with Crippen LogP contribution in [0.4, 0.5) is 5.69 Å². The van der Waals surface area contributed by atoms with Gasteiger partial charge in [0.1, 0.15) is 5.82 Å². The standard InChI is InChI=1S/C16H17N5O/c1-20-10-18-13-9-12(2-3-14(13)20)19-16(22)11-4-6-21-7-5-17-15(21)8-11/h2-3,5,7,9-11H,4,6,8H2,1H3,(H,19,22). The van der Waals surface area contributed by atoms with Gasteiger partial charge in [-0.1, -0.05) is 0 Å². The van der Waals surface area contributed by atoms with E-state index in [-0.39, 0.29) is 11.8 Å². The average Bonchev–Trinajstić information content (AvgIpc) is 3.13. The lowest BCUT2D eigenvalue weighted by Gasteiger charge is -2.22. The van der Waals surface area contributed by atoms with Crippen LogP contribution in [0.15, 0.2) is 36.9 Å². The molecule has 0 fully saturated rings. The van der Waals surface area contributed by atoms with Crippen LogP contribution in [0.2, 0.25) is 0 Å². The summed E-state index contributed by atoms with van der Waals surface area (Å²) in [6.45, 7) is 0.854. The number of nitrogens with one attached hydrogen (secondary N) is 1. The molecule has 0 saturated heterocycles. The molecule has 3 heterocycles. The van der Waals surface area contributed by atoms with Gasteiger partial charge in [-0.2, -0.15) is 0 Å². The first-order valence-corrected chi connectivity index (χ1v) is 7.42. The molecule has 6 heteroatoms. The molecule has 22 heavy (non-hydrogen) atoms. The minimum atomic E-state index is -0.0191. The van der Waals surface area contributed by atoms with Gasteiger partial charge < -0.3 is 14.5 Å². The predicted octanol–water partition coefficient (Wildman–Crippen LogP) is 1.97. The molecule has 112 valence electrons. The maximum atomic E-state index is 12.5. The van der Waals surface area contributed by atoms with E-state index in [2.05, 4.69) is 19.9 Å². The predicted molar refractivity (Wildman–Crippen MR) is 83.4 cm³/mol. The maximum absolute atomic E-state index is 12.5. The van der Waals surface area contributed by atoms with Gasteiger partial charge in [-0.05, 0) is 24.6 Å². The fraction of sp³-hybridized carbons (Fsp3) is 0.312. The molecule has 0 saturated carbocycles. The zero-order valence-electron chi connectivity index (χ0n) is 12.4. The van der Waals surface area contributed by atoms with Gasteiger partial charge in [-0.25, -0.2) is 9.97 Å². The van der Waals surface area contributed by atoms with Gasteiger partial charge in [0.15, 0.2) is 0 Å². The number of benzene rings is 1. The Morgan fingerprint density at radius 1 is 1.36 bits per heavy atom. The minimum Gasteiger partial charge on any atom is -0.335 e. The molecule has 0 radical (unpaired) electrons. The number of imidazole rings is 2. The molecule has 2 aromatic heterocycles. The first kappa shape index (κ1) is 13.1. The zero-order valence-corrected chi connectivity index (χ0v) is 12.4. The quantitative estimate of drug-likeness (QED) is 0.786. The van der Waals surface area contributed by atoms with Crippen molar-refractivity contribution in [3.8, 4) is 0 Å². The molecule has 1 amide bonds. The third kappa shape index (κ3) is 2.16. The van der Waals surface area contributed by atoms with Crippen molar-refractivity contribution in [1.82, 2.24) is 19.1 Å². The number of hydrogen-bond donors (Lipinski definition) is 1. The molecule has 1 atom stereocenters. The zero-order chi connectivity index (χ0) is 15.1. The van der Waals surface area contributed by atoms with Crippen molar-refractivity contribution in [1.29, 1.82) is 0 Å². The Morgan fingerprint density at radius 3 is 3.18 bits per heavy atom. The van der Waals surface area contributed by atoms with Gasteiger partial charge >= 0.3 is 0 Å². The van der Waals surface area contributed by atoms with Crippen LogP contribution in [0.3, 0.4) is 0 Å². The van der Waals surface area contributed by atoms with Crippen LogP contribution in [0, 0.1) is 5.92 Å². The molecule has 0 spiro atoms. The number of amides is 1. The van der Waals surface area contributed by atoms with E-state index in [0.717, 1.165) is 35.5 Å². The van der Waals surface area contributed by atoms with Crippen LogP contribution in [-0.2, 0) is 24.8 Å². The van der Waals surface area contributed by atoms with Crippen molar-refractivity contribution in [2.24, 2.45) is 13.0 Å². The maximum Gasteiger partial charge on any atom is 0.228 e. The summed E-state index contributed by atoms with van der Waals surface area (Å²) in [5, 5.41) is 3.01. The van der Waals surface area contributed by atoms with Gasteiger partial charge in [-0.15, -0.1) is 0 Å². The number of anilines is 1. The number of carbonyl (C=O) groups excluding carboxylic acids is 1. The van der Waals surface area contributed by atoms with E-state index in [1.54, 1.807) is 12.5 Å². The lowest BCUT2D eigenvalue weighted by molar-refractivity contribution is -0.120. The molecule has 0 bridgehead atoms. The van der Waals surface area contributed by atoms with Crippen LogP contribution < -0.4 is 5.32 Å². The molecule has 3 aromatic rings. The summed E-state index contributed by atoms with van der Waals surface area (Å²) in [6, 6.07) is 5.81. The second-order valence-corrected chi connectivity index (χ2v) is 5.77. The minimum absolute atomic E-state index is 0.0191. The molecule has 6 nitrogen and oxygen atoms in total. The van der Waals surface area contributed by atoms with Crippen molar-refractivity contribution < 1.29 is 4.79 Å². The Kier molecular flexibility index (Phi) is 2.96. The molecular formula is C16H17N5O. The van der Waals surface area contributed by atoms with Gasteiger partial charge in [0, 0.05) is 44.0 Å². The Hall–Kier alpha value is -2.63. The molecule has 4 rings (SSSR count).